The van der Waals surface area contributed by atoms with Crippen LogP contribution < -0.4 is 9.47 Å². The lowest BCUT2D eigenvalue weighted by Gasteiger charge is -2.13. The van der Waals surface area contributed by atoms with Crippen molar-refractivity contribution in [1.29, 1.82) is 0 Å². The highest BCUT2D eigenvalue weighted by molar-refractivity contribution is 9.10. The number of ether oxygens (including phenoxy) is 2. The third-order valence-electron chi connectivity index (χ3n) is 2.92. The quantitative estimate of drug-likeness (QED) is 0.756. The summed E-state index contributed by atoms with van der Waals surface area (Å²) in [6.07, 6.45) is 0. The zero-order chi connectivity index (χ0) is 14.7. The molecule has 0 aliphatic heterocycles. The normalized spacial score (nSPS) is 10.2. The largest absolute Gasteiger partial charge is 0.496 e. The number of carbonyl (C=O) groups is 1. The van der Waals surface area contributed by atoms with Gasteiger partial charge in [0.05, 0.1) is 7.11 Å². The number of hydrogen-bond donors (Lipinski definition) is 0. The van der Waals surface area contributed by atoms with E-state index in [0.29, 0.717) is 22.8 Å². The van der Waals surface area contributed by atoms with Crippen molar-refractivity contribution >= 4 is 21.7 Å². The van der Waals surface area contributed by atoms with E-state index in [1.165, 1.54) is 14.0 Å². The van der Waals surface area contributed by atoms with Crippen LogP contribution in [-0.2, 0) is 0 Å². The van der Waals surface area contributed by atoms with Crippen LogP contribution in [0.25, 0.3) is 0 Å². The molecule has 2 aromatic carbocycles. The molecule has 0 unspecified atom stereocenters. The van der Waals surface area contributed by atoms with E-state index < -0.39 is 0 Å². The first-order valence-corrected chi connectivity index (χ1v) is 6.94. The lowest BCUT2D eigenvalue weighted by molar-refractivity contribution is 0.101. The molecule has 20 heavy (non-hydrogen) atoms. The summed E-state index contributed by atoms with van der Waals surface area (Å²) in [4.78, 5) is 11.8. The Kier molecular flexibility index (Phi) is 4.45. The molecular weight excluding hydrogens is 320 g/mol. The van der Waals surface area contributed by atoms with Crippen LogP contribution in [0.3, 0.4) is 0 Å². The summed E-state index contributed by atoms with van der Waals surface area (Å²) in [7, 11) is 1.54. The minimum atomic E-state index is -0.0914. The van der Waals surface area contributed by atoms with E-state index in [1.807, 2.05) is 25.1 Å². The highest BCUT2D eigenvalue weighted by Crippen LogP contribution is 2.33. The van der Waals surface area contributed by atoms with Crippen LogP contribution in [0.2, 0.25) is 0 Å². The molecule has 0 N–H and O–H groups in total. The Morgan fingerprint density at radius 1 is 1.15 bits per heavy atom. The number of benzene rings is 2. The van der Waals surface area contributed by atoms with Gasteiger partial charge in [-0.3, -0.25) is 4.79 Å². The molecular formula is C16H15BrO3. The number of carbonyl (C=O) groups excluding carboxylic acids is 1. The lowest BCUT2D eigenvalue weighted by atomic mass is 10.1. The van der Waals surface area contributed by atoms with E-state index >= 15 is 0 Å². The Morgan fingerprint density at radius 2 is 1.85 bits per heavy atom. The van der Waals surface area contributed by atoms with Crippen molar-refractivity contribution in [1.82, 2.24) is 0 Å². The second-order valence-electron chi connectivity index (χ2n) is 4.40. The third kappa shape index (κ3) is 3.02. The maximum atomic E-state index is 11.8. The zero-order valence-electron chi connectivity index (χ0n) is 11.6. The molecule has 0 spiro atoms. The number of ketones is 1. The van der Waals surface area contributed by atoms with Crippen LogP contribution in [0.15, 0.2) is 40.9 Å². The molecule has 0 aliphatic rings. The summed E-state index contributed by atoms with van der Waals surface area (Å²) in [5.74, 6) is 1.61. The molecule has 0 amide bonds. The fourth-order valence-corrected chi connectivity index (χ4v) is 2.17. The number of rotatable bonds is 4. The summed E-state index contributed by atoms with van der Waals surface area (Å²) >= 11 is 3.45. The number of aryl methyl sites for hydroxylation is 1. The standard InChI is InChI=1S/C16H15BrO3/c1-10-9-12(7-8-13(10)17)20-15-6-4-5-14(19-3)16(15)11(2)18/h4-9H,1-3H3. The average molecular weight is 335 g/mol. The summed E-state index contributed by atoms with van der Waals surface area (Å²) in [6.45, 7) is 3.48. The summed E-state index contributed by atoms with van der Waals surface area (Å²) in [5.41, 5.74) is 1.52. The fourth-order valence-electron chi connectivity index (χ4n) is 1.92. The molecule has 0 saturated heterocycles. The average Bonchev–Trinajstić information content (AvgIpc) is 2.42. The summed E-state index contributed by atoms with van der Waals surface area (Å²) in [5, 5.41) is 0. The molecule has 0 heterocycles. The van der Waals surface area contributed by atoms with Crippen molar-refractivity contribution in [3.63, 3.8) is 0 Å². The smallest absolute Gasteiger partial charge is 0.167 e. The van der Waals surface area contributed by atoms with Gasteiger partial charge in [0, 0.05) is 4.47 Å². The lowest BCUT2D eigenvalue weighted by Crippen LogP contribution is -2.01. The van der Waals surface area contributed by atoms with Gasteiger partial charge in [-0.25, -0.2) is 0 Å². The van der Waals surface area contributed by atoms with Crippen molar-refractivity contribution in [3.8, 4) is 17.2 Å². The molecule has 0 bridgehead atoms. The van der Waals surface area contributed by atoms with Crippen molar-refractivity contribution in [2.24, 2.45) is 0 Å². The van der Waals surface area contributed by atoms with Crippen LogP contribution in [-0.4, -0.2) is 12.9 Å². The third-order valence-corrected chi connectivity index (χ3v) is 3.81. The molecule has 0 aromatic heterocycles. The van der Waals surface area contributed by atoms with E-state index in [0.717, 1.165) is 10.0 Å². The first-order chi connectivity index (χ1) is 9.52. The molecule has 0 atom stereocenters. The molecule has 2 rings (SSSR count). The Bertz CT molecular complexity index is 650. The van der Waals surface area contributed by atoms with Gasteiger partial charge in [-0.15, -0.1) is 0 Å². The minimum Gasteiger partial charge on any atom is -0.496 e. The molecule has 0 aliphatic carbocycles. The predicted molar refractivity (Wildman–Crippen MR) is 82.0 cm³/mol. The number of methoxy groups -OCH3 is 1. The summed E-state index contributed by atoms with van der Waals surface area (Å²) < 4.78 is 12.1. The van der Waals surface area contributed by atoms with E-state index in [9.17, 15) is 4.79 Å². The van der Waals surface area contributed by atoms with Crippen molar-refractivity contribution in [3.05, 3.63) is 52.0 Å². The van der Waals surface area contributed by atoms with Gasteiger partial charge in [0.1, 0.15) is 22.8 Å². The van der Waals surface area contributed by atoms with E-state index in [2.05, 4.69) is 15.9 Å². The first-order valence-electron chi connectivity index (χ1n) is 6.15. The van der Waals surface area contributed by atoms with Crippen LogP contribution in [0.4, 0.5) is 0 Å². The zero-order valence-corrected chi connectivity index (χ0v) is 13.2. The van der Waals surface area contributed by atoms with Gasteiger partial charge in [0.2, 0.25) is 0 Å². The van der Waals surface area contributed by atoms with E-state index in [4.69, 9.17) is 9.47 Å². The van der Waals surface area contributed by atoms with Gasteiger partial charge in [-0.05, 0) is 49.7 Å². The van der Waals surface area contributed by atoms with Crippen molar-refractivity contribution < 1.29 is 14.3 Å². The van der Waals surface area contributed by atoms with Crippen LogP contribution in [0, 0.1) is 6.92 Å². The van der Waals surface area contributed by atoms with Crippen LogP contribution in [0.1, 0.15) is 22.8 Å². The van der Waals surface area contributed by atoms with E-state index in [1.54, 1.807) is 18.2 Å². The Balaban J connectivity index is 2.42. The van der Waals surface area contributed by atoms with Crippen molar-refractivity contribution in [2.45, 2.75) is 13.8 Å². The highest BCUT2D eigenvalue weighted by Gasteiger charge is 2.15. The van der Waals surface area contributed by atoms with Gasteiger partial charge >= 0.3 is 0 Å². The molecule has 0 fully saturated rings. The minimum absolute atomic E-state index is 0.0914. The fraction of sp³-hybridized carbons (Fsp3) is 0.188. The topological polar surface area (TPSA) is 35.5 Å². The van der Waals surface area contributed by atoms with Crippen LogP contribution in [0.5, 0.6) is 17.2 Å². The highest BCUT2D eigenvalue weighted by atomic mass is 79.9. The maximum absolute atomic E-state index is 11.8. The number of hydrogen-bond acceptors (Lipinski definition) is 3. The first kappa shape index (κ1) is 14.6. The summed E-state index contributed by atoms with van der Waals surface area (Å²) in [6, 6.07) is 11.0. The molecule has 3 nitrogen and oxygen atoms in total. The van der Waals surface area contributed by atoms with Crippen LogP contribution >= 0.6 is 15.9 Å². The Morgan fingerprint density at radius 3 is 2.45 bits per heavy atom. The molecule has 104 valence electrons. The van der Waals surface area contributed by atoms with Gasteiger partial charge < -0.3 is 9.47 Å². The SMILES string of the molecule is COc1cccc(Oc2ccc(Br)c(C)c2)c1C(C)=O. The van der Waals surface area contributed by atoms with Gasteiger partial charge in [0.15, 0.2) is 5.78 Å². The maximum Gasteiger partial charge on any atom is 0.167 e. The van der Waals surface area contributed by atoms with Gasteiger partial charge in [-0.2, -0.15) is 0 Å². The second kappa shape index (κ2) is 6.09. The van der Waals surface area contributed by atoms with Gasteiger partial charge in [-0.1, -0.05) is 22.0 Å². The molecule has 2 aromatic rings. The molecule has 0 saturated carbocycles. The van der Waals surface area contributed by atoms with Crippen molar-refractivity contribution in [2.75, 3.05) is 7.11 Å². The second-order valence-corrected chi connectivity index (χ2v) is 5.26. The number of halogens is 1. The van der Waals surface area contributed by atoms with E-state index in [-0.39, 0.29) is 5.78 Å². The number of Topliss-reactive ketones (excluding diaryl/α,β-unsaturated/α-hetero) is 1. The van der Waals surface area contributed by atoms with Gasteiger partial charge in [0.25, 0.3) is 0 Å². The Labute approximate surface area is 126 Å². The Hall–Kier alpha value is -1.81. The molecule has 4 heteroatoms. The molecule has 0 radical (unpaired) electrons. The predicted octanol–water partition coefficient (Wildman–Crippen LogP) is 4.76. The monoisotopic (exact) mass is 334 g/mol.